The molecule has 0 spiro atoms. The fourth-order valence-corrected chi connectivity index (χ4v) is 7.52. The third-order valence-corrected chi connectivity index (χ3v) is 11.5. The van der Waals surface area contributed by atoms with Crippen LogP contribution in [0.1, 0.15) is 258 Å². The summed E-state index contributed by atoms with van der Waals surface area (Å²) < 4.78 is 10.7. The predicted octanol–water partition coefficient (Wildman–Crippen LogP) is 17.6. The van der Waals surface area contributed by atoms with Crippen LogP contribution in [0.2, 0.25) is 0 Å². The number of ether oxygens (including phenoxy) is 2. The lowest BCUT2D eigenvalue weighted by Crippen LogP contribution is -2.28. The zero-order valence-corrected chi connectivity index (χ0v) is 40.9. The lowest BCUT2D eigenvalue weighted by atomic mass is 10.0. The minimum Gasteiger partial charge on any atom is -0.462 e. The maximum atomic E-state index is 12.3. The fourth-order valence-electron chi connectivity index (χ4n) is 7.52. The molecule has 0 aliphatic carbocycles. The van der Waals surface area contributed by atoms with Gasteiger partial charge in [0.25, 0.3) is 0 Å². The van der Waals surface area contributed by atoms with E-state index in [2.05, 4.69) is 86.8 Å². The van der Waals surface area contributed by atoms with Crippen molar-refractivity contribution in [1.82, 2.24) is 0 Å². The SMILES string of the molecule is CC/C=C\C/C=C\C/C=C\C/C=C\CCCCCCCCCCCCCCCCCCCCC(=O)OC(CO)COC(=O)CCCCCCCCC/C=C\C/C=C\CCCCC. The van der Waals surface area contributed by atoms with Crippen LogP contribution in [0.15, 0.2) is 72.9 Å². The van der Waals surface area contributed by atoms with Gasteiger partial charge in [0.2, 0.25) is 0 Å². The number of unbranched alkanes of at least 4 members (excludes halogenated alkanes) is 28. The average Bonchev–Trinajstić information content (AvgIpc) is 3.28. The predicted molar refractivity (Wildman–Crippen MR) is 270 cm³/mol. The third kappa shape index (κ3) is 50.0. The molecule has 62 heavy (non-hydrogen) atoms. The van der Waals surface area contributed by atoms with E-state index in [1.54, 1.807) is 0 Å². The number of hydrogen-bond donors (Lipinski definition) is 1. The molecule has 0 fully saturated rings. The molecule has 5 nitrogen and oxygen atoms in total. The highest BCUT2D eigenvalue weighted by atomic mass is 16.6. The first kappa shape index (κ1) is 59.3. The molecule has 0 heterocycles. The number of carbonyl (C=O) groups excluding carboxylic acids is 2. The summed E-state index contributed by atoms with van der Waals surface area (Å²) >= 11 is 0. The summed E-state index contributed by atoms with van der Waals surface area (Å²) in [5.74, 6) is -0.593. The summed E-state index contributed by atoms with van der Waals surface area (Å²) in [5.41, 5.74) is 0. The maximum absolute atomic E-state index is 12.3. The van der Waals surface area contributed by atoms with Gasteiger partial charge in [0, 0.05) is 12.8 Å². The maximum Gasteiger partial charge on any atom is 0.306 e. The van der Waals surface area contributed by atoms with Crippen LogP contribution in [-0.2, 0) is 19.1 Å². The highest BCUT2D eigenvalue weighted by molar-refractivity contribution is 5.70. The lowest BCUT2D eigenvalue weighted by Gasteiger charge is -2.15. The average molecular weight is 865 g/mol. The largest absolute Gasteiger partial charge is 0.462 e. The highest BCUT2D eigenvalue weighted by Gasteiger charge is 2.16. The molecule has 0 rings (SSSR count). The summed E-state index contributed by atoms with van der Waals surface area (Å²) in [7, 11) is 0. The van der Waals surface area contributed by atoms with Gasteiger partial charge in [-0.15, -0.1) is 0 Å². The minimum atomic E-state index is -0.777. The standard InChI is InChI=1S/C57H100O5/c1-3-5-7-9-11-13-15-17-19-21-22-23-24-25-26-27-28-29-30-31-32-33-34-36-38-40-42-44-46-48-50-52-57(60)62-55(53-58)54-61-56(59)51-49-47-45-43-41-39-37-35-20-18-16-14-12-10-8-6-4-2/h5,7,11-14,17-20,22-23,55,58H,3-4,6,8-10,15-16,21,24-54H2,1-2H3/b7-5-,13-11-,14-12-,19-17-,20-18-,23-22-. The second kappa shape index (κ2) is 52.7. The van der Waals surface area contributed by atoms with Crippen LogP contribution in [-0.4, -0.2) is 36.4 Å². The second-order valence-electron chi connectivity index (χ2n) is 17.6. The molecule has 0 aromatic heterocycles. The fraction of sp³-hybridized carbons (Fsp3) is 0.754. The summed E-state index contributed by atoms with van der Waals surface area (Å²) in [6, 6.07) is 0. The smallest absolute Gasteiger partial charge is 0.306 e. The Hall–Kier alpha value is -2.66. The molecule has 0 bridgehead atoms. The van der Waals surface area contributed by atoms with E-state index in [1.807, 2.05) is 0 Å². The highest BCUT2D eigenvalue weighted by Crippen LogP contribution is 2.16. The van der Waals surface area contributed by atoms with Crippen molar-refractivity contribution in [3.8, 4) is 0 Å². The normalized spacial score (nSPS) is 12.8. The molecule has 0 aromatic rings. The Kier molecular flexibility index (Phi) is 50.4. The Bertz CT molecular complexity index is 1110. The monoisotopic (exact) mass is 865 g/mol. The summed E-state index contributed by atoms with van der Waals surface area (Å²) in [5, 5.41) is 9.63. The van der Waals surface area contributed by atoms with Crippen molar-refractivity contribution in [2.45, 2.75) is 264 Å². The summed E-state index contributed by atoms with van der Waals surface area (Å²) in [6.07, 6.45) is 71.5. The van der Waals surface area contributed by atoms with Gasteiger partial charge in [-0.05, 0) is 83.5 Å². The second-order valence-corrected chi connectivity index (χ2v) is 17.6. The zero-order chi connectivity index (χ0) is 44.9. The molecule has 1 atom stereocenters. The van der Waals surface area contributed by atoms with Crippen molar-refractivity contribution in [3.05, 3.63) is 72.9 Å². The molecule has 0 amide bonds. The quantitative estimate of drug-likeness (QED) is 0.0375. The minimum absolute atomic E-state index is 0.0697. The molecule has 0 saturated carbocycles. The van der Waals surface area contributed by atoms with Gasteiger partial charge in [-0.3, -0.25) is 9.59 Å². The number of hydrogen-bond acceptors (Lipinski definition) is 5. The molecule has 1 N–H and O–H groups in total. The summed E-state index contributed by atoms with van der Waals surface area (Å²) in [6.45, 7) is 4.01. The number of rotatable bonds is 48. The molecule has 0 saturated heterocycles. The molecule has 358 valence electrons. The van der Waals surface area contributed by atoms with Crippen LogP contribution in [0, 0.1) is 0 Å². The van der Waals surface area contributed by atoms with Gasteiger partial charge in [-0.2, -0.15) is 0 Å². The number of aliphatic hydroxyl groups is 1. The Labute approximate surface area is 384 Å². The van der Waals surface area contributed by atoms with Crippen LogP contribution < -0.4 is 0 Å². The Morgan fingerprint density at radius 2 is 0.694 bits per heavy atom. The van der Waals surface area contributed by atoms with Gasteiger partial charge in [-0.25, -0.2) is 0 Å². The Morgan fingerprint density at radius 1 is 0.387 bits per heavy atom. The van der Waals surface area contributed by atoms with E-state index in [4.69, 9.17) is 9.47 Å². The van der Waals surface area contributed by atoms with Crippen molar-refractivity contribution in [2.24, 2.45) is 0 Å². The third-order valence-electron chi connectivity index (χ3n) is 11.5. The van der Waals surface area contributed by atoms with E-state index < -0.39 is 6.10 Å². The van der Waals surface area contributed by atoms with Gasteiger partial charge in [0.05, 0.1) is 6.61 Å². The zero-order valence-electron chi connectivity index (χ0n) is 40.9. The molecule has 0 aliphatic rings. The van der Waals surface area contributed by atoms with Crippen LogP contribution in [0.4, 0.5) is 0 Å². The lowest BCUT2D eigenvalue weighted by molar-refractivity contribution is -0.161. The van der Waals surface area contributed by atoms with Crippen molar-refractivity contribution < 1.29 is 24.2 Å². The number of carbonyl (C=O) groups is 2. The van der Waals surface area contributed by atoms with Crippen LogP contribution in [0.3, 0.4) is 0 Å². The van der Waals surface area contributed by atoms with Gasteiger partial charge < -0.3 is 14.6 Å². The van der Waals surface area contributed by atoms with Crippen molar-refractivity contribution >= 4 is 11.9 Å². The molecule has 0 aromatic carbocycles. The first-order valence-corrected chi connectivity index (χ1v) is 26.5. The van der Waals surface area contributed by atoms with Crippen LogP contribution in [0.5, 0.6) is 0 Å². The van der Waals surface area contributed by atoms with E-state index in [1.165, 1.54) is 154 Å². The summed E-state index contributed by atoms with van der Waals surface area (Å²) in [4.78, 5) is 24.4. The molecular weight excluding hydrogens is 765 g/mol. The van der Waals surface area contributed by atoms with Crippen molar-refractivity contribution in [2.75, 3.05) is 13.2 Å². The van der Waals surface area contributed by atoms with E-state index in [0.29, 0.717) is 12.8 Å². The van der Waals surface area contributed by atoms with E-state index in [-0.39, 0.29) is 25.2 Å². The number of aliphatic hydroxyl groups excluding tert-OH is 1. The van der Waals surface area contributed by atoms with Crippen molar-refractivity contribution in [3.63, 3.8) is 0 Å². The molecule has 0 aliphatic heterocycles. The molecule has 5 heteroatoms. The van der Waals surface area contributed by atoms with Crippen molar-refractivity contribution in [1.29, 1.82) is 0 Å². The van der Waals surface area contributed by atoms with E-state index >= 15 is 0 Å². The van der Waals surface area contributed by atoms with Crippen LogP contribution in [0.25, 0.3) is 0 Å². The van der Waals surface area contributed by atoms with E-state index in [0.717, 1.165) is 77.0 Å². The molecule has 1 unspecified atom stereocenters. The number of allylic oxidation sites excluding steroid dienone is 12. The number of esters is 2. The van der Waals surface area contributed by atoms with Crippen LogP contribution >= 0.6 is 0 Å². The first-order valence-electron chi connectivity index (χ1n) is 26.5. The van der Waals surface area contributed by atoms with Gasteiger partial charge >= 0.3 is 11.9 Å². The first-order chi connectivity index (χ1) is 30.6. The van der Waals surface area contributed by atoms with Gasteiger partial charge in [0.15, 0.2) is 6.10 Å². The van der Waals surface area contributed by atoms with E-state index in [9.17, 15) is 14.7 Å². The topological polar surface area (TPSA) is 72.8 Å². The Morgan fingerprint density at radius 3 is 1.05 bits per heavy atom. The molecular formula is C57H100O5. The Balaban J connectivity index is 3.47. The van der Waals surface area contributed by atoms with Gasteiger partial charge in [0.1, 0.15) is 6.61 Å². The van der Waals surface area contributed by atoms with Gasteiger partial charge in [-0.1, -0.05) is 234 Å². The molecule has 0 radical (unpaired) electrons.